The molecule has 8 heteroatoms. The molecule has 148 valence electrons. The Morgan fingerprint density at radius 1 is 1.07 bits per heavy atom. The molecular weight excluding hydrogens is 364 g/mol. The number of benzene rings is 1. The summed E-state index contributed by atoms with van der Waals surface area (Å²) >= 11 is 1.65. The van der Waals surface area contributed by atoms with Gasteiger partial charge in [0.1, 0.15) is 22.3 Å². The molecular formula is C19H28N4O3S. The average molecular weight is 393 g/mol. The first-order valence-corrected chi connectivity index (χ1v) is 9.58. The van der Waals surface area contributed by atoms with Crippen LogP contribution in [0.3, 0.4) is 0 Å². The van der Waals surface area contributed by atoms with E-state index in [-0.39, 0.29) is 0 Å². The maximum atomic E-state index is 5.48. The van der Waals surface area contributed by atoms with Crippen LogP contribution >= 0.6 is 11.3 Å². The molecule has 2 N–H and O–H groups in total. The van der Waals surface area contributed by atoms with Crippen molar-refractivity contribution >= 4 is 17.3 Å². The van der Waals surface area contributed by atoms with Crippen molar-refractivity contribution in [2.45, 2.75) is 32.9 Å². The standard InChI is InChI=1S/C19H28N4O3S/c1-12(2)15-11-27-18(23-15)10-22-19(20-3)21-9-14-16(25-5)7-13(24-4)8-17(14)26-6/h7-8,11-12H,9-10H2,1-6H3,(H2,20,21,22). The van der Waals surface area contributed by atoms with Crippen LogP contribution in [0.5, 0.6) is 17.2 Å². The summed E-state index contributed by atoms with van der Waals surface area (Å²) in [5, 5.41) is 9.70. The van der Waals surface area contributed by atoms with Gasteiger partial charge in [-0.05, 0) is 5.92 Å². The van der Waals surface area contributed by atoms with Gasteiger partial charge in [0.05, 0.1) is 45.7 Å². The Labute approximate surface area is 164 Å². The maximum Gasteiger partial charge on any atom is 0.191 e. The van der Waals surface area contributed by atoms with Gasteiger partial charge >= 0.3 is 0 Å². The highest BCUT2D eigenvalue weighted by Crippen LogP contribution is 2.33. The monoisotopic (exact) mass is 392 g/mol. The number of ether oxygens (including phenoxy) is 3. The van der Waals surface area contributed by atoms with Gasteiger partial charge in [-0.25, -0.2) is 4.98 Å². The van der Waals surface area contributed by atoms with Crippen LogP contribution < -0.4 is 24.8 Å². The zero-order valence-corrected chi connectivity index (χ0v) is 17.6. The lowest BCUT2D eigenvalue weighted by atomic mass is 10.1. The first kappa shape index (κ1) is 20.8. The summed E-state index contributed by atoms with van der Waals surface area (Å²) < 4.78 is 16.2. The number of hydrogen-bond acceptors (Lipinski definition) is 6. The van der Waals surface area contributed by atoms with E-state index in [2.05, 4.69) is 39.8 Å². The molecule has 0 aliphatic rings. The minimum absolute atomic E-state index is 0.433. The van der Waals surface area contributed by atoms with Gasteiger partial charge in [0.15, 0.2) is 5.96 Å². The van der Waals surface area contributed by atoms with Gasteiger partial charge in [0.25, 0.3) is 0 Å². The second-order valence-corrected chi connectivity index (χ2v) is 7.05. The van der Waals surface area contributed by atoms with Crippen molar-refractivity contribution in [3.05, 3.63) is 33.8 Å². The Bertz CT molecular complexity index is 749. The van der Waals surface area contributed by atoms with Crippen molar-refractivity contribution in [3.8, 4) is 17.2 Å². The van der Waals surface area contributed by atoms with Crippen LogP contribution in [0.25, 0.3) is 0 Å². The second kappa shape index (κ2) is 10.0. The molecule has 0 amide bonds. The van der Waals surface area contributed by atoms with E-state index in [0.29, 0.717) is 42.2 Å². The van der Waals surface area contributed by atoms with Crippen LogP contribution in [-0.2, 0) is 13.1 Å². The predicted octanol–water partition coefficient (Wildman–Crippen LogP) is 3.16. The molecule has 0 saturated heterocycles. The first-order valence-electron chi connectivity index (χ1n) is 8.70. The molecule has 0 radical (unpaired) electrons. The van der Waals surface area contributed by atoms with Gasteiger partial charge < -0.3 is 24.8 Å². The fourth-order valence-electron chi connectivity index (χ4n) is 2.48. The highest BCUT2D eigenvalue weighted by molar-refractivity contribution is 7.09. The van der Waals surface area contributed by atoms with Gasteiger partial charge in [-0.2, -0.15) is 0 Å². The summed E-state index contributed by atoms with van der Waals surface area (Å²) in [7, 11) is 6.60. The van der Waals surface area contributed by atoms with Gasteiger partial charge in [-0.15, -0.1) is 11.3 Å². The van der Waals surface area contributed by atoms with Crippen molar-refractivity contribution in [2.75, 3.05) is 28.4 Å². The van der Waals surface area contributed by atoms with Crippen LogP contribution in [0.2, 0.25) is 0 Å². The highest BCUT2D eigenvalue weighted by atomic mass is 32.1. The normalized spacial score (nSPS) is 11.4. The number of methoxy groups -OCH3 is 3. The number of guanidine groups is 1. The zero-order chi connectivity index (χ0) is 19.8. The number of thiazole rings is 1. The molecule has 0 saturated carbocycles. The van der Waals surface area contributed by atoms with Gasteiger partial charge in [0.2, 0.25) is 0 Å². The highest BCUT2D eigenvalue weighted by Gasteiger charge is 2.14. The van der Waals surface area contributed by atoms with Gasteiger partial charge in [0, 0.05) is 24.6 Å². The van der Waals surface area contributed by atoms with Crippen LogP contribution in [0.1, 0.15) is 36.0 Å². The summed E-state index contributed by atoms with van der Waals surface area (Å²) in [6.45, 7) is 5.39. The number of nitrogens with one attached hydrogen (secondary N) is 2. The topological polar surface area (TPSA) is 77.0 Å². The molecule has 0 spiro atoms. The minimum atomic E-state index is 0.433. The Balaban J connectivity index is 2.03. The lowest BCUT2D eigenvalue weighted by Gasteiger charge is -2.17. The molecule has 0 aliphatic carbocycles. The van der Waals surface area contributed by atoms with E-state index >= 15 is 0 Å². The average Bonchev–Trinajstić information content (AvgIpc) is 3.17. The molecule has 0 unspecified atom stereocenters. The SMILES string of the molecule is CN=C(NCc1nc(C(C)C)cs1)NCc1c(OC)cc(OC)cc1OC. The smallest absolute Gasteiger partial charge is 0.191 e. The molecule has 7 nitrogen and oxygen atoms in total. The fraction of sp³-hybridized carbons (Fsp3) is 0.474. The Morgan fingerprint density at radius 2 is 1.70 bits per heavy atom. The third-order valence-electron chi connectivity index (χ3n) is 4.04. The number of hydrogen-bond donors (Lipinski definition) is 2. The van der Waals surface area contributed by atoms with Crippen molar-refractivity contribution in [3.63, 3.8) is 0 Å². The van der Waals surface area contributed by atoms with Gasteiger partial charge in [-0.1, -0.05) is 13.8 Å². The summed E-state index contributed by atoms with van der Waals surface area (Å²) in [5.74, 6) is 3.17. The van der Waals surface area contributed by atoms with E-state index < -0.39 is 0 Å². The van der Waals surface area contributed by atoms with Crippen LogP contribution in [0.4, 0.5) is 0 Å². The third kappa shape index (κ3) is 5.50. The summed E-state index contributed by atoms with van der Waals surface area (Å²) in [4.78, 5) is 8.90. The zero-order valence-electron chi connectivity index (χ0n) is 16.8. The van der Waals surface area contributed by atoms with E-state index in [9.17, 15) is 0 Å². The van der Waals surface area contributed by atoms with Crippen molar-refractivity contribution in [2.24, 2.45) is 4.99 Å². The van der Waals surface area contributed by atoms with E-state index in [0.717, 1.165) is 16.3 Å². The van der Waals surface area contributed by atoms with E-state index in [1.807, 2.05) is 12.1 Å². The van der Waals surface area contributed by atoms with Gasteiger partial charge in [-0.3, -0.25) is 4.99 Å². The van der Waals surface area contributed by atoms with Crippen LogP contribution in [-0.4, -0.2) is 39.3 Å². The van der Waals surface area contributed by atoms with E-state index in [4.69, 9.17) is 14.2 Å². The largest absolute Gasteiger partial charge is 0.496 e. The van der Waals surface area contributed by atoms with Crippen molar-refractivity contribution in [1.29, 1.82) is 0 Å². The van der Waals surface area contributed by atoms with E-state index in [1.165, 1.54) is 0 Å². The maximum absolute atomic E-state index is 5.48. The minimum Gasteiger partial charge on any atom is -0.496 e. The second-order valence-electron chi connectivity index (χ2n) is 6.11. The lowest BCUT2D eigenvalue weighted by Crippen LogP contribution is -2.36. The summed E-state index contributed by atoms with van der Waals surface area (Å²) in [5.41, 5.74) is 2.01. The Kier molecular flexibility index (Phi) is 7.72. The van der Waals surface area contributed by atoms with Crippen molar-refractivity contribution in [1.82, 2.24) is 15.6 Å². The molecule has 27 heavy (non-hydrogen) atoms. The molecule has 1 heterocycles. The summed E-state index contributed by atoms with van der Waals surface area (Å²) in [6, 6.07) is 3.66. The molecule has 0 aliphatic heterocycles. The Morgan fingerprint density at radius 3 is 2.19 bits per heavy atom. The number of aromatic nitrogens is 1. The Hall–Kier alpha value is -2.48. The third-order valence-corrected chi connectivity index (χ3v) is 4.91. The van der Waals surface area contributed by atoms with Crippen molar-refractivity contribution < 1.29 is 14.2 Å². The van der Waals surface area contributed by atoms with Crippen LogP contribution in [0.15, 0.2) is 22.5 Å². The molecule has 1 aromatic carbocycles. The predicted molar refractivity (Wildman–Crippen MR) is 109 cm³/mol. The summed E-state index contributed by atoms with van der Waals surface area (Å²) in [6.07, 6.45) is 0. The molecule has 2 aromatic rings. The fourth-order valence-corrected chi connectivity index (χ4v) is 3.37. The van der Waals surface area contributed by atoms with Crippen LogP contribution in [0, 0.1) is 0 Å². The molecule has 0 bridgehead atoms. The lowest BCUT2D eigenvalue weighted by molar-refractivity contribution is 0.368. The molecule has 1 aromatic heterocycles. The molecule has 0 fully saturated rings. The number of rotatable bonds is 8. The number of nitrogens with zero attached hydrogens (tertiary/aromatic N) is 2. The molecule has 2 rings (SSSR count). The first-order chi connectivity index (χ1) is 13.0. The molecule has 0 atom stereocenters. The van der Waals surface area contributed by atoms with E-state index in [1.54, 1.807) is 39.7 Å². The quantitative estimate of drug-likeness (QED) is 0.531. The number of aliphatic imine (C=N–C) groups is 1.